The number of ether oxygens (including phenoxy) is 2. The number of hydrogen-bond acceptors (Lipinski definition) is 6. The number of rotatable bonds is 6. The summed E-state index contributed by atoms with van der Waals surface area (Å²) < 4.78 is 10.7. The van der Waals surface area contributed by atoms with Crippen LogP contribution in [0.25, 0.3) is 0 Å². The maximum Gasteiger partial charge on any atom is 0.321 e. The van der Waals surface area contributed by atoms with E-state index in [0.717, 1.165) is 0 Å². The molecule has 0 saturated heterocycles. The molecule has 0 amide bonds. The van der Waals surface area contributed by atoms with E-state index in [4.69, 9.17) is 21.1 Å². The van der Waals surface area contributed by atoms with Crippen molar-refractivity contribution in [1.29, 1.82) is 0 Å². The topological polar surface area (TPSA) is 95.7 Å². The van der Waals surface area contributed by atoms with Crippen LogP contribution in [0.3, 0.4) is 0 Å². The maximum atomic E-state index is 12.8. The summed E-state index contributed by atoms with van der Waals surface area (Å²) in [5, 5.41) is 11.7. The van der Waals surface area contributed by atoms with Crippen molar-refractivity contribution in [2.24, 2.45) is 5.92 Å². The average molecular weight is 400 g/mol. The largest absolute Gasteiger partial charge is 0.459 e. The minimum atomic E-state index is -1.48. The molecule has 0 unspecified atom stereocenters. The van der Waals surface area contributed by atoms with Gasteiger partial charge >= 0.3 is 11.9 Å². The van der Waals surface area contributed by atoms with Gasteiger partial charge in [-0.2, -0.15) is 0 Å². The summed E-state index contributed by atoms with van der Waals surface area (Å²) in [6.07, 6.45) is 0. The summed E-state index contributed by atoms with van der Waals surface area (Å²) in [6.45, 7) is 9.29. The van der Waals surface area contributed by atoms with Gasteiger partial charge in [0.25, 0.3) is 0 Å². The molecule has 1 aromatic carbocycles. The minimum Gasteiger partial charge on any atom is -0.459 e. The standard InChI is InChI=1S/C19H26ClNO6/c1-18(2,3)26-16(22)15(17(23)27-19(4,5)6)14(11-21(24)25)12-7-9-13(20)10-8-12/h7-10,14-15H,11H2,1-6H3/t14-/m1/s1. The van der Waals surface area contributed by atoms with Gasteiger partial charge in [0.1, 0.15) is 11.2 Å². The molecule has 1 rings (SSSR count). The van der Waals surface area contributed by atoms with Gasteiger partial charge in [-0.05, 0) is 59.2 Å². The van der Waals surface area contributed by atoms with Gasteiger partial charge in [0.15, 0.2) is 5.92 Å². The zero-order valence-electron chi connectivity index (χ0n) is 16.4. The van der Waals surface area contributed by atoms with Crippen LogP contribution >= 0.6 is 11.6 Å². The van der Waals surface area contributed by atoms with E-state index < -0.39 is 46.4 Å². The third kappa shape index (κ3) is 7.95. The van der Waals surface area contributed by atoms with E-state index >= 15 is 0 Å². The monoisotopic (exact) mass is 399 g/mol. The Bertz CT molecular complexity index is 660. The molecule has 0 aromatic heterocycles. The fraction of sp³-hybridized carbons (Fsp3) is 0.579. The molecule has 0 bridgehead atoms. The SMILES string of the molecule is CC(C)(C)OC(=O)C(C(=O)OC(C)(C)C)[C@H](C[N+](=O)[O-])c1ccc(Cl)cc1. The lowest BCUT2D eigenvalue weighted by Crippen LogP contribution is -2.41. The molecule has 7 nitrogen and oxygen atoms in total. The Morgan fingerprint density at radius 3 is 1.74 bits per heavy atom. The molecular weight excluding hydrogens is 374 g/mol. The zero-order valence-corrected chi connectivity index (χ0v) is 17.2. The highest BCUT2D eigenvalue weighted by molar-refractivity contribution is 6.30. The molecule has 0 fully saturated rings. The highest BCUT2D eigenvalue weighted by atomic mass is 35.5. The van der Waals surface area contributed by atoms with Gasteiger partial charge in [-0.15, -0.1) is 0 Å². The van der Waals surface area contributed by atoms with Crippen LogP contribution in [-0.2, 0) is 19.1 Å². The first-order valence-corrected chi connectivity index (χ1v) is 8.90. The molecule has 150 valence electrons. The lowest BCUT2D eigenvalue weighted by molar-refractivity contribution is -0.484. The number of hydrogen-bond donors (Lipinski definition) is 0. The molecule has 0 aliphatic rings. The van der Waals surface area contributed by atoms with E-state index in [1.807, 2.05) is 0 Å². The minimum absolute atomic E-state index is 0.429. The molecule has 27 heavy (non-hydrogen) atoms. The van der Waals surface area contributed by atoms with Gasteiger partial charge in [0.05, 0.1) is 5.92 Å². The molecule has 0 heterocycles. The molecule has 8 heteroatoms. The van der Waals surface area contributed by atoms with Crippen LogP contribution < -0.4 is 0 Å². The summed E-state index contributed by atoms with van der Waals surface area (Å²) in [5.74, 6) is -4.26. The second-order valence-electron chi connectivity index (χ2n) is 8.22. The molecule has 0 saturated carbocycles. The number of nitro groups is 1. The van der Waals surface area contributed by atoms with Crippen LogP contribution in [0.1, 0.15) is 53.0 Å². The number of benzene rings is 1. The highest BCUT2D eigenvalue weighted by Gasteiger charge is 2.43. The summed E-state index contributed by atoms with van der Waals surface area (Å²) in [5.41, 5.74) is -1.30. The van der Waals surface area contributed by atoms with Crippen LogP contribution in [-0.4, -0.2) is 34.6 Å². The Morgan fingerprint density at radius 1 is 1.00 bits per heavy atom. The van der Waals surface area contributed by atoms with Crippen molar-refractivity contribution < 1.29 is 24.0 Å². The second-order valence-corrected chi connectivity index (χ2v) is 8.65. The van der Waals surface area contributed by atoms with Crippen molar-refractivity contribution in [3.05, 3.63) is 45.0 Å². The Hall–Kier alpha value is -2.15. The van der Waals surface area contributed by atoms with Gasteiger partial charge in [-0.25, -0.2) is 0 Å². The highest BCUT2D eigenvalue weighted by Crippen LogP contribution is 2.31. The number of halogens is 1. The van der Waals surface area contributed by atoms with Crippen LogP contribution in [0, 0.1) is 16.0 Å². The molecule has 0 aliphatic carbocycles. The molecule has 0 aliphatic heterocycles. The van der Waals surface area contributed by atoms with Gasteiger partial charge in [-0.3, -0.25) is 19.7 Å². The summed E-state index contributed by atoms with van der Waals surface area (Å²) in [6, 6.07) is 6.20. The smallest absolute Gasteiger partial charge is 0.321 e. The number of nitrogens with zero attached hydrogens (tertiary/aromatic N) is 1. The van der Waals surface area contributed by atoms with Crippen LogP contribution in [0.4, 0.5) is 0 Å². The van der Waals surface area contributed by atoms with Crippen LogP contribution in [0.15, 0.2) is 24.3 Å². The quantitative estimate of drug-likeness (QED) is 0.310. The number of carbonyl (C=O) groups excluding carboxylic acids is 2. The zero-order chi connectivity index (χ0) is 21.0. The summed E-state index contributed by atoms with van der Waals surface area (Å²) in [4.78, 5) is 36.2. The number of esters is 2. The second kappa shape index (κ2) is 8.69. The molecule has 0 radical (unpaired) electrons. The lowest BCUT2D eigenvalue weighted by Gasteiger charge is -2.29. The molecule has 1 aromatic rings. The van der Waals surface area contributed by atoms with Crippen molar-refractivity contribution in [2.75, 3.05) is 6.54 Å². The van der Waals surface area contributed by atoms with Crippen molar-refractivity contribution in [3.63, 3.8) is 0 Å². The third-order valence-electron chi connectivity index (χ3n) is 3.37. The summed E-state index contributed by atoms with van der Waals surface area (Å²) in [7, 11) is 0. The van der Waals surface area contributed by atoms with E-state index in [1.165, 1.54) is 0 Å². The van der Waals surface area contributed by atoms with Gasteiger partial charge in [0, 0.05) is 9.95 Å². The van der Waals surface area contributed by atoms with E-state index in [1.54, 1.807) is 65.8 Å². The van der Waals surface area contributed by atoms with Crippen LogP contribution in [0.5, 0.6) is 0 Å². The first kappa shape index (κ1) is 22.9. The summed E-state index contributed by atoms with van der Waals surface area (Å²) >= 11 is 5.88. The number of carbonyl (C=O) groups is 2. The van der Waals surface area contributed by atoms with Gasteiger partial charge in [0.2, 0.25) is 6.54 Å². The molecule has 0 spiro atoms. The Morgan fingerprint density at radius 2 is 1.41 bits per heavy atom. The maximum absolute atomic E-state index is 12.8. The van der Waals surface area contributed by atoms with Crippen molar-refractivity contribution in [2.45, 2.75) is 58.7 Å². The Balaban J connectivity index is 3.39. The van der Waals surface area contributed by atoms with Crippen LogP contribution in [0.2, 0.25) is 5.02 Å². The molecule has 0 N–H and O–H groups in total. The van der Waals surface area contributed by atoms with Gasteiger partial charge < -0.3 is 9.47 Å². The predicted octanol–water partition coefficient (Wildman–Crippen LogP) is 4.00. The van der Waals surface area contributed by atoms with Gasteiger partial charge in [-0.1, -0.05) is 23.7 Å². The molecule has 1 atom stereocenters. The average Bonchev–Trinajstić information content (AvgIpc) is 2.43. The predicted molar refractivity (Wildman–Crippen MR) is 101 cm³/mol. The van der Waals surface area contributed by atoms with Crippen molar-refractivity contribution in [1.82, 2.24) is 0 Å². The fourth-order valence-corrected chi connectivity index (χ4v) is 2.56. The normalized spacial score (nSPS) is 13.2. The van der Waals surface area contributed by atoms with Crippen molar-refractivity contribution in [3.8, 4) is 0 Å². The fourth-order valence-electron chi connectivity index (χ4n) is 2.43. The first-order valence-electron chi connectivity index (χ1n) is 8.52. The van der Waals surface area contributed by atoms with E-state index in [2.05, 4.69) is 0 Å². The Labute approximate surface area is 164 Å². The van der Waals surface area contributed by atoms with Crippen molar-refractivity contribution >= 4 is 23.5 Å². The molecular formula is C19H26ClNO6. The lowest BCUT2D eigenvalue weighted by atomic mass is 9.85. The van der Waals surface area contributed by atoms with E-state index in [0.29, 0.717) is 10.6 Å². The Kier molecular flexibility index (Phi) is 7.37. The van der Waals surface area contributed by atoms with E-state index in [-0.39, 0.29) is 0 Å². The first-order chi connectivity index (χ1) is 12.2. The van der Waals surface area contributed by atoms with E-state index in [9.17, 15) is 19.7 Å². The third-order valence-corrected chi connectivity index (χ3v) is 3.62.